The molecule has 0 aliphatic rings. The maximum Gasteiger partial charge on any atom is 0.000496 e. The molecular weight excluding hydrogens is 130 g/mol. The fourth-order valence-electron chi connectivity index (χ4n) is 0.278. The Kier molecular flexibility index (Phi) is 8.23. The Morgan fingerprint density at radius 3 is 1.57 bits per heavy atom. The van der Waals surface area contributed by atoms with Crippen LogP contribution < -0.4 is 0 Å². The molecule has 1 heterocycles. The van der Waals surface area contributed by atoms with Crippen molar-refractivity contribution in [3.63, 3.8) is 0 Å². The molecule has 1 aromatic heterocycles. The van der Waals surface area contributed by atoms with Crippen LogP contribution in [0.4, 0.5) is 0 Å². The SMILES string of the molecule is C.[Fe].c1cc[nH]c1. The van der Waals surface area contributed by atoms with Crippen LogP contribution in [0.15, 0.2) is 24.5 Å². The molecule has 0 fully saturated rings. The number of H-pyrrole nitrogens is 1. The first-order valence-electron chi connectivity index (χ1n) is 1.58. The van der Waals surface area contributed by atoms with E-state index >= 15 is 0 Å². The van der Waals surface area contributed by atoms with E-state index in [1.54, 1.807) is 0 Å². The summed E-state index contributed by atoms with van der Waals surface area (Å²) >= 11 is 0. The second kappa shape index (κ2) is 5.80. The molecule has 42 valence electrons. The van der Waals surface area contributed by atoms with Gasteiger partial charge in [0.15, 0.2) is 0 Å². The normalized spacial score (nSPS) is 5.71. The van der Waals surface area contributed by atoms with Crippen molar-refractivity contribution < 1.29 is 17.1 Å². The smallest absolute Gasteiger partial charge is 0.000496 e. The molecule has 0 radical (unpaired) electrons. The molecule has 1 nitrogen and oxygen atoms in total. The Morgan fingerprint density at radius 1 is 1.00 bits per heavy atom. The summed E-state index contributed by atoms with van der Waals surface area (Å²) < 4.78 is 0. The van der Waals surface area contributed by atoms with Gasteiger partial charge in [0.25, 0.3) is 0 Å². The van der Waals surface area contributed by atoms with Crippen molar-refractivity contribution in [1.29, 1.82) is 0 Å². The Hall–Kier alpha value is -0.201. The van der Waals surface area contributed by atoms with E-state index in [9.17, 15) is 0 Å². The predicted molar refractivity (Wildman–Crippen MR) is 27.5 cm³/mol. The third kappa shape index (κ3) is 3.63. The minimum Gasteiger partial charge on any atom is -0.368 e. The van der Waals surface area contributed by atoms with Gasteiger partial charge >= 0.3 is 0 Å². The minimum atomic E-state index is 0. The molecule has 0 bridgehead atoms. The van der Waals surface area contributed by atoms with E-state index in [0.717, 1.165) is 0 Å². The third-order valence-electron chi connectivity index (χ3n) is 0.496. The summed E-state index contributed by atoms with van der Waals surface area (Å²) in [5.74, 6) is 0. The second-order valence-corrected chi connectivity index (χ2v) is 0.885. The quantitative estimate of drug-likeness (QED) is 0.526. The van der Waals surface area contributed by atoms with Gasteiger partial charge in [0.2, 0.25) is 0 Å². The monoisotopic (exact) mass is 139 g/mol. The van der Waals surface area contributed by atoms with Crippen LogP contribution in [0.5, 0.6) is 0 Å². The van der Waals surface area contributed by atoms with Crippen LogP contribution in [0.1, 0.15) is 7.43 Å². The van der Waals surface area contributed by atoms with Gasteiger partial charge in [-0.25, -0.2) is 0 Å². The van der Waals surface area contributed by atoms with Gasteiger partial charge in [0, 0.05) is 29.5 Å². The standard InChI is InChI=1S/C4H5N.CH4.Fe/c1-2-4-5-3-1;;/h1-5H;1H4;. The molecule has 0 aliphatic carbocycles. The first-order chi connectivity index (χ1) is 2.50. The van der Waals surface area contributed by atoms with Crippen LogP contribution in [-0.2, 0) is 17.1 Å². The number of aromatic nitrogens is 1. The van der Waals surface area contributed by atoms with Crippen LogP contribution in [0.25, 0.3) is 0 Å². The minimum absolute atomic E-state index is 0. The average Bonchev–Trinajstić information content (AvgIpc) is 1.76. The molecule has 0 spiro atoms. The Morgan fingerprint density at radius 2 is 1.43 bits per heavy atom. The van der Waals surface area contributed by atoms with Crippen molar-refractivity contribution in [3.05, 3.63) is 24.5 Å². The van der Waals surface area contributed by atoms with Gasteiger partial charge in [-0.3, -0.25) is 0 Å². The van der Waals surface area contributed by atoms with Gasteiger partial charge in [-0.1, -0.05) is 7.43 Å². The van der Waals surface area contributed by atoms with E-state index in [-0.39, 0.29) is 24.5 Å². The van der Waals surface area contributed by atoms with E-state index in [0.29, 0.717) is 0 Å². The first-order valence-corrected chi connectivity index (χ1v) is 1.58. The van der Waals surface area contributed by atoms with Crippen molar-refractivity contribution in [1.82, 2.24) is 4.98 Å². The zero-order valence-corrected chi connectivity index (χ0v) is 4.27. The summed E-state index contributed by atoms with van der Waals surface area (Å²) in [6.45, 7) is 0. The zero-order valence-electron chi connectivity index (χ0n) is 3.16. The molecule has 0 aromatic carbocycles. The third-order valence-corrected chi connectivity index (χ3v) is 0.496. The molecule has 0 unspecified atom stereocenters. The van der Waals surface area contributed by atoms with E-state index in [1.807, 2.05) is 24.5 Å². The molecule has 1 N–H and O–H groups in total. The van der Waals surface area contributed by atoms with Gasteiger partial charge in [0.1, 0.15) is 0 Å². The van der Waals surface area contributed by atoms with E-state index in [4.69, 9.17) is 0 Å². The summed E-state index contributed by atoms with van der Waals surface area (Å²) in [6.07, 6.45) is 3.75. The molecule has 7 heavy (non-hydrogen) atoms. The fraction of sp³-hybridized carbons (Fsp3) is 0.200. The van der Waals surface area contributed by atoms with Crippen molar-refractivity contribution in [2.24, 2.45) is 0 Å². The van der Waals surface area contributed by atoms with Gasteiger partial charge in [0.05, 0.1) is 0 Å². The Bertz CT molecular complexity index is 64.6. The number of nitrogens with one attached hydrogen (secondary N) is 1. The first kappa shape index (κ1) is 9.93. The van der Waals surface area contributed by atoms with Crippen LogP contribution >= 0.6 is 0 Å². The molecule has 0 saturated heterocycles. The van der Waals surface area contributed by atoms with Crippen molar-refractivity contribution in [2.75, 3.05) is 0 Å². The van der Waals surface area contributed by atoms with Crippen molar-refractivity contribution >= 4 is 0 Å². The van der Waals surface area contributed by atoms with Gasteiger partial charge in [-0.05, 0) is 12.1 Å². The van der Waals surface area contributed by atoms with Gasteiger partial charge < -0.3 is 4.98 Å². The number of hydrogen-bond acceptors (Lipinski definition) is 0. The van der Waals surface area contributed by atoms with E-state index in [2.05, 4.69) is 4.98 Å². The zero-order chi connectivity index (χ0) is 3.54. The van der Waals surface area contributed by atoms with Crippen molar-refractivity contribution in [3.8, 4) is 0 Å². The van der Waals surface area contributed by atoms with Crippen LogP contribution in [0.3, 0.4) is 0 Å². The van der Waals surface area contributed by atoms with E-state index in [1.165, 1.54) is 0 Å². The maximum atomic E-state index is 2.86. The topological polar surface area (TPSA) is 15.8 Å². The average molecular weight is 139 g/mol. The number of hydrogen-bond donors (Lipinski definition) is 1. The summed E-state index contributed by atoms with van der Waals surface area (Å²) in [6, 6.07) is 3.89. The van der Waals surface area contributed by atoms with Gasteiger partial charge in [-0.2, -0.15) is 0 Å². The predicted octanol–water partition coefficient (Wildman–Crippen LogP) is 1.65. The van der Waals surface area contributed by atoms with E-state index < -0.39 is 0 Å². The second-order valence-electron chi connectivity index (χ2n) is 0.885. The van der Waals surface area contributed by atoms with Crippen LogP contribution in [-0.4, -0.2) is 4.98 Å². The maximum absolute atomic E-state index is 2.86. The summed E-state index contributed by atoms with van der Waals surface area (Å²) in [7, 11) is 0. The largest absolute Gasteiger partial charge is 0.368 e. The molecule has 0 saturated carbocycles. The molecule has 0 aliphatic heterocycles. The molecule has 1 aromatic rings. The Labute approximate surface area is 54.6 Å². The summed E-state index contributed by atoms with van der Waals surface area (Å²) in [4.78, 5) is 2.86. The molecule has 0 amide bonds. The van der Waals surface area contributed by atoms with Gasteiger partial charge in [-0.15, -0.1) is 0 Å². The van der Waals surface area contributed by atoms with Crippen LogP contribution in [0.2, 0.25) is 0 Å². The summed E-state index contributed by atoms with van der Waals surface area (Å²) in [5, 5.41) is 0. The van der Waals surface area contributed by atoms with Crippen molar-refractivity contribution in [2.45, 2.75) is 7.43 Å². The molecule has 0 atom stereocenters. The van der Waals surface area contributed by atoms with Crippen LogP contribution in [0, 0.1) is 0 Å². The number of aromatic amines is 1. The molecular formula is C5H9FeN. The summed E-state index contributed by atoms with van der Waals surface area (Å²) in [5.41, 5.74) is 0. The molecule has 1 rings (SSSR count). The Balaban J connectivity index is 0. The number of rotatable bonds is 0. The molecule has 2 heteroatoms. The fourth-order valence-corrected chi connectivity index (χ4v) is 0.278.